The Morgan fingerprint density at radius 1 is 1.09 bits per heavy atom. The molecule has 0 bridgehead atoms. The summed E-state index contributed by atoms with van der Waals surface area (Å²) in [5.74, 6) is 1.14. The van der Waals surface area contributed by atoms with Gasteiger partial charge in [-0.1, -0.05) is 56.3 Å². The van der Waals surface area contributed by atoms with Crippen LogP contribution in [0.25, 0.3) is 6.08 Å². The van der Waals surface area contributed by atoms with E-state index in [2.05, 4.69) is 16.7 Å². The number of rotatable bonds is 9. The first kappa shape index (κ1) is 23.5. The highest BCUT2D eigenvalue weighted by molar-refractivity contribution is 8.27. The molecule has 0 saturated carbocycles. The molecule has 2 aromatic rings. The number of thioether (sulfide) groups is 1. The highest BCUT2D eigenvalue weighted by Gasteiger charge is 2.36. The van der Waals surface area contributed by atoms with E-state index in [1.807, 2.05) is 68.5 Å². The summed E-state index contributed by atoms with van der Waals surface area (Å²) in [6.07, 6.45) is 4.21. The van der Waals surface area contributed by atoms with Crippen LogP contribution in [-0.2, 0) is 11.2 Å². The number of nitrogens with one attached hydrogen (secondary N) is 1. The molecule has 0 unspecified atom stereocenters. The molecule has 2 aliphatic rings. The molecule has 0 fully saturated rings. The number of carbonyl (C=O) groups is 1. The number of hydrogen-bond acceptors (Lipinski definition) is 6. The van der Waals surface area contributed by atoms with Crippen LogP contribution < -0.4 is 9.47 Å². The van der Waals surface area contributed by atoms with Crippen molar-refractivity contribution >= 4 is 39.8 Å². The van der Waals surface area contributed by atoms with Gasteiger partial charge < -0.3 is 9.47 Å². The van der Waals surface area contributed by atoms with E-state index in [1.165, 1.54) is 16.8 Å². The minimum Gasteiger partial charge on any atom is -0.490 e. The number of ether oxygens (including phenoxy) is 2. The number of allylic oxidation sites excluding steroid dienone is 1. The first-order chi connectivity index (χ1) is 16.5. The van der Waals surface area contributed by atoms with Crippen LogP contribution in [0.2, 0.25) is 0 Å². The molecule has 2 aromatic carbocycles. The fourth-order valence-corrected chi connectivity index (χ4v) is 4.29. The fourth-order valence-electron chi connectivity index (χ4n) is 3.40. The van der Waals surface area contributed by atoms with E-state index in [9.17, 15) is 4.79 Å². The molecule has 0 aromatic heterocycles. The monoisotopic (exact) mass is 474 g/mol. The number of para-hydroxylation sites is 2. The lowest BCUT2D eigenvalue weighted by Crippen LogP contribution is -2.35. The first-order valence-corrected chi connectivity index (χ1v) is 11.8. The summed E-state index contributed by atoms with van der Waals surface area (Å²) < 4.78 is 11.8. The van der Waals surface area contributed by atoms with Crippen LogP contribution in [0.4, 0.5) is 0 Å². The maximum Gasteiger partial charge on any atom is 0.283 e. The molecule has 8 heteroatoms. The second-order valence-electron chi connectivity index (χ2n) is 7.95. The van der Waals surface area contributed by atoms with Gasteiger partial charge >= 0.3 is 0 Å². The van der Waals surface area contributed by atoms with Crippen molar-refractivity contribution in [1.82, 2.24) is 5.01 Å². The lowest BCUT2D eigenvalue weighted by Gasteiger charge is -2.20. The van der Waals surface area contributed by atoms with Gasteiger partial charge in [0.1, 0.15) is 29.8 Å². The smallest absolute Gasteiger partial charge is 0.283 e. The Morgan fingerprint density at radius 3 is 2.50 bits per heavy atom. The zero-order chi connectivity index (χ0) is 24.1. The molecule has 0 aliphatic carbocycles. The Hall–Kier alpha value is -3.65. The van der Waals surface area contributed by atoms with Gasteiger partial charge in [0.15, 0.2) is 5.84 Å². The van der Waals surface area contributed by atoms with E-state index in [4.69, 9.17) is 14.9 Å². The molecule has 0 radical (unpaired) electrons. The summed E-state index contributed by atoms with van der Waals surface area (Å²) in [5.41, 5.74) is 1.92. The van der Waals surface area contributed by atoms with Crippen LogP contribution in [0.1, 0.15) is 25.0 Å². The number of hydrazone groups is 1. The van der Waals surface area contributed by atoms with Crippen molar-refractivity contribution in [1.29, 1.82) is 5.41 Å². The molecule has 0 atom stereocenters. The van der Waals surface area contributed by atoms with Gasteiger partial charge in [-0.05, 0) is 42.0 Å². The zero-order valence-corrected chi connectivity index (χ0v) is 20.0. The third-order valence-corrected chi connectivity index (χ3v) is 6.33. The van der Waals surface area contributed by atoms with E-state index in [1.54, 1.807) is 6.08 Å². The summed E-state index contributed by atoms with van der Waals surface area (Å²) in [7, 11) is 0. The first-order valence-electron chi connectivity index (χ1n) is 11.0. The number of hydrogen-bond donors (Lipinski definition) is 1. The molecule has 0 saturated heterocycles. The molecular formula is C26H26N4O3S. The number of aliphatic imine (C=N–C) groups is 1. The molecule has 2 heterocycles. The van der Waals surface area contributed by atoms with Gasteiger partial charge in [-0.25, -0.2) is 0 Å². The molecule has 4 rings (SSSR count). The van der Waals surface area contributed by atoms with E-state index in [0.717, 1.165) is 22.8 Å². The van der Waals surface area contributed by atoms with Gasteiger partial charge in [-0.2, -0.15) is 15.1 Å². The van der Waals surface area contributed by atoms with E-state index < -0.39 is 5.91 Å². The van der Waals surface area contributed by atoms with Crippen LogP contribution in [0, 0.1) is 11.3 Å². The van der Waals surface area contributed by atoms with Crippen molar-refractivity contribution in [3.63, 3.8) is 0 Å². The van der Waals surface area contributed by atoms with Gasteiger partial charge in [0.05, 0.1) is 5.57 Å². The Kier molecular flexibility index (Phi) is 7.27. The third kappa shape index (κ3) is 5.12. The van der Waals surface area contributed by atoms with Gasteiger partial charge in [0.25, 0.3) is 5.91 Å². The Bertz CT molecular complexity index is 1220. The lowest BCUT2D eigenvalue weighted by molar-refractivity contribution is -0.114. The largest absolute Gasteiger partial charge is 0.490 e. The summed E-state index contributed by atoms with van der Waals surface area (Å²) in [5, 5.41) is 15.7. The second kappa shape index (κ2) is 10.5. The molecule has 2 aliphatic heterocycles. The minimum absolute atomic E-state index is 0.00936. The number of benzene rings is 2. The third-order valence-electron chi connectivity index (χ3n) is 5.12. The quantitative estimate of drug-likeness (QED) is 0.309. The molecule has 34 heavy (non-hydrogen) atoms. The second-order valence-corrected chi connectivity index (χ2v) is 8.94. The van der Waals surface area contributed by atoms with E-state index in [-0.39, 0.29) is 17.3 Å². The minimum atomic E-state index is -0.457. The van der Waals surface area contributed by atoms with Crippen molar-refractivity contribution in [3.8, 4) is 11.5 Å². The summed E-state index contributed by atoms with van der Waals surface area (Å²) in [6.45, 7) is 8.50. The van der Waals surface area contributed by atoms with Crippen LogP contribution in [0.5, 0.6) is 11.5 Å². The number of nitrogens with zero attached hydrogens (tertiary/aromatic N) is 3. The van der Waals surface area contributed by atoms with Crippen LogP contribution in [-0.4, -0.2) is 40.2 Å². The van der Waals surface area contributed by atoms with Crippen LogP contribution in [0.15, 0.2) is 76.9 Å². The highest BCUT2D eigenvalue weighted by Crippen LogP contribution is 2.31. The van der Waals surface area contributed by atoms with Gasteiger partial charge in [-0.3, -0.25) is 10.2 Å². The number of fused-ring (bicyclic) bond motifs is 1. The van der Waals surface area contributed by atoms with Crippen LogP contribution in [0.3, 0.4) is 0 Å². The Labute approximate surface area is 203 Å². The molecule has 174 valence electrons. The zero-order valence-electron chi connectivity index (χ0n) is 19.2. The lowest BCUT2D eigenvalue weighted by atomic mass is 10.1. The van der Waals surface area contributed by atoms with Crippen molar-refractivity contribution in [2.45, 2.75) is 20.3 Å². The molecule has 7 nitrogen and oxygen atoms in total. The summed E-state index contributed by atoms with van der Waals surface area (Å²) >= 11 is 1.33. The normalized spacial score (nSPS) is 16.4. The molecule has 1 amide bonds. The molecule has 0 spiro atoms. The number of carbonyl (C=O) groups excluding carboxylic acids is 1. The maximum absolute atomic E-state index is 12.7. The standard InChI is InChI=1S/C26H26N4O3S/c1-4-9-18-10-5-7-12-21(18)32-14-15-33-22-13-8-6-11-19(22)16-20-23(27)30-26(28-24(20)31)34-25(29-30)17(2)3/h4-8,10-13,16-17,27H,1,9,14-15H2,2-3H3/b20-16+,27-23?. The molecular weight excluding hydrogens is 448 g/mol. The van der Waals surface area contributed by atoms with E-state index >= 15 is 0 Å². The predicted molar refractivity (Wildman–Crippen MR) is 138 cm³/mol. The van der Waals surface area contributed by atoms with Gasteiger partial charge in [-0.15, -0.1) is 6.58 Å². The van der Waals surface area contributed by atoms with Gasteiger partial charge in [0.2, 0.25) is 5.17 Å². The molecule has 1 N–H and O–H groups in total. The van der Waals surface area contributed by atoms with Crippen molar-refractivity contribution < 1.29 is 14.3 Å². The number of amides is 1. The predicted octanol–water partition coefficient (Wildman–Crippen LogP) is 5.15. The van der Waals surface area contributed by atoms with Crippen LogP contribution >= 0.6 is 11.8 Å². The van der Waals surface area contributed by atoms with Gasteiger partial charge in [0, 0.05) is 11.5 Å². The topological polar surface area (TPSA) is 87.3 Å². The fraction of sp³-hybridized carbons (Fsp3) is 0.231. The SMILES string of the molecule is C=CCc1ccccc1OCCOc1ccccc1/C=C1\C(=N)N2N=C(C(C)C)SC2=NC1=O. The maximum atomic E-state index is 12.7. The summed E-state index contributed by atoms with van der Waals surface area (Å²) in [6, 6.07) is 15.2. The van der Waals surface area contributed by atoms with Crippen molar-refractivity contribution in [3.05, 3.63) is 77.9 Å². The average molecular weight is 475 g/mol. The Morgan fingerprint density at radius 2 is 1.76 bits per heavy atom. The number of amidine groups is 2. The van der Waals surface area contributed by atoms with E-state index in [0.29, 0.717) is 29.7 Å². The van der Waals surface area contributed by atoms with Crippen molar-refractivity contribution in [2.75, 3.05) is 13.2 Å². The Balaban J connectivity index is 1.46. The summed E-state index contributed by atoms with van der Waals surface area (Å²) in [4.78, 5) is 16.8. The van der Waals surface area contributed by atoms with Crippen molar-refractivity contribution in [2.24, 2.45) is 16.0 Å². The highest BCUT2D eigenvalue weighted by atomic mass is 32.2. The average Bonchev–Trinajstić information content (AvgIpc) is 3.26.